The van der Waals surface area contributed by atoms with E-state index in [0.29, 0.717) is 18.6 Å². The van der Waals surface area contributed by atoms with E-state index in [0.717, 1.165) is 25.1 Å². The minimum atomic E-state index is -5.01. The second-order valence-corrected chi connectivity index (χ2v) is 9.11. The third-order valence-corrected chi connectivity index (χ3v) is 6.95. The average molecular weight is 498 g/mol. The summed E-state index contributed by atoms with van der Waals surface area (Å²) in [6.45, 7) is 2.10. The zero-order chi connectivity index (χ0) is 25.4. The highest BCUT2D eigenvalue weighted by Crippen LogP contribution is 2.38. The molecule has 0 aromatic heterocycles. The molecule has 2 heterocycles. The highest BCUT2D eigenvalue weighted by atomic mass is 19.4. The Balaban J connectivity index is 1.63. The molecule has 2 aliphatic rings. The summed E-state index contributed by atoms with van der Waals surface area (Å²) in [5, 5.41) is 4.38. The zero-order valence-electron chi connectivity index (χ0n) is 19.1. The van der Waals surface area contributed by atoms with E-state index in [1.165, 1.54) is 4.90 Å². The summed E-state index contributed by atoms with van der Waals surface area (Å²) in [4.78, 5) is 16.9. The van der Waals surface area contributed by atoms with Crippen molar-refractivity contribution in [1.82, 2.24) is 9.80 Å². The number of likely N-dealkylation sites (tertiary alicyclic amines) is 2. The molecular formula is C25H26F6N3O-. The number of hydrogen-bond acceptors (Lipinski definition) is 2. The van der Waals surface area contributed by atoms with Crippen molar-refractivity contribution in [2.45, 2.75) is 43.2 Å². The van der Waals surface area contributed by atoms with E-state index in [-0.39, 0.29) is 37.2 Å². The number of carbonyl (C=O) groups is 1. The number of carbonyl (C=O) groups excluding carboxylic acids is 1. The lowest BCUT2D eigenvalue weighted by Crippen LogP contribution is -2.51. The van der Waals surface area contributed by atoms with E-state index >= 15 is 0 Å². The van der Waals surface area contributed by atoms with Gasteiger partial charge in [0.15, 0.2) is 0 Å². The van der Waals surface area contributed by atoms with E-state index in [1.807, 2.05) is 30.3 Å². The van der Waals surface area contributed by atoms with Crippen LogP contribution in [0.2, 0.25) is 0 Å². The molecular weight excluding hydrogens is 472 g/mol. The van der Waals surface area contributed by atoms with Crippen molar-refractivity contribution in [3.8, 4) is 0 Å². The highest BCUT2D eigenvalue weighted by molar-refractivity contribution is 5.95. The zero-order valence-corrected chi connectivity index (χ0v) is 19.1. The van der Waals surface area contributed by atoms with E-state index in [4.69, 9.17) is 0 Å². The van der Waals surface area contributed by atoms with Crippen molar-refractivity contribution in [2.24, 2.45) is 0 Å². The lowest BCUT2D eigenvalue weighted by atomic mass is 9.84. The molecule has 0 bridgehead atoms. The van der Waals surface area contributed by atoms with Crippen LogP contribution in [0.1, 0.15) is 45.8 Å². The van der Waals surface area contributed by atoms with Crippen molar-refractivity contribution in [1.29, 1.82) is 0 Å². The number of alkyl halides is 6. The molecule has 0 N–H and O–H groups in total. The molecule has 3 unspecified atom stereocenters. The van der Waals surface area contributed by atoms with Crippen LogP contribution in [0.5, 0.6) is 0 Å². The second-order valence-electron chi connectivity index (χ2n) is 9.11. The van der Waals surface area contributed by atoms with Crippen LogP contribution in [-0.4, -0.2) is 61.0 Å². The van der Waals surface area contributed by atoms with E-state index in [9.17, 15) is 31.1 Å². The highest BCUT2D eigenvalue weighted by Gasteiger charge is 2.40. The van der Waals surface area contributed by atoms with Gasteiger partial charge in [0, 0.05) is 30.6 Å². The summed E-state index contributed by atoms with van der Waals surface area (Å²) in [6.07, 6.45) is -8.52. The Kier molecular flexibility index (Phi) is 7.15. The molecule has 190 valence electrons. The molecule has 1 amide bonds. The third-order valence-electron chi connectivity index (χ3n) is 6.95. The molecule has 0 spiro atoms. The molecule has 10 heteroatoms. The van der Waals surface area contributed by atoms with Crippen molar-refractivity contribution in [2.75, 3.05) is 33.2 Å². The van der Waals surface area contributed by atoms with Gasteiger partial charge in [0.25, 0.3) is 5.91 Å². The minimum Gasteiger partial charge on any atom is -0.661 e. The Morgan fingerprint density at radius 2 is 1.51 bits per heavy atom. The van der Waals surface area contributed by atoms with Crippen LogP contribution in [0.25, 0.3) is 5.32 Å². The maximum atomic E-state index is 13.3. The van der Waals surface area contributed by atoms with Gasteiger partial charge in [-0.3, -0.25) is 4.79 Å². The Labute approximate surface area is 199 Å². The quantitative estimate of drug-likeness (QED) is 0.500. The van der Waals surface area contributed by atoms with Crippen molar-refractivity contribution < 1.29 is 31.1 Å². The van der Waals surface area contributed by atoms with E-state index < -0.39 is 35.0 Å². The largest absolute Gasteiger partial charge is 0.661 e. The number of hydrogen-bond donors (Lipinski definition) is 0. The summed E-state index contributed by atoms with van der Waals surface area (Å²) in [5.74, 6) is -0.957. The fourth-order valence-corrected chi connectivity index (χ4v) is 5.13. The summed E-state index contributed by atoms with van der Waals surface area (Å²) in [7, 11) is 1.79. The van der Waals surface area contributed by atoms with Crippen LogP contribution in [-0.2, 0) is 12.4 Å². The first kappa shape index (κ1) is 25.5. The monoisotopic (exact) mass is 498 g/mol. The second kappa shape index (κ2) is 9.81. The Hall–Kier alpha value is -2.59. The Morgan fingerprint density at radius 1 is 0.886 bits per heavy atom. The van der Waals surface area contributed by atoms with Gasteiger partial charge in [0.05, 0.1) is 11.1 Å². The summed E-state index contributed by atoms with van der Waals surface area (Å²) in [6, 6.07) is 10.9. The van der Waals surface area contributed by atoms with Crippen LogP contribution in [0.15, 0.2) is 48.5 Å². The third kappa shape index (κ3) is 5.64. The molecule has 0 radical (unpaired) electrons. The number of benzene rings is 2. The van der Waals surface area contributed by atoms with E-state index in [1.54, 1.807) is 7.05 Å². The smallest absolute Gasteiger partial charge is 0.416 e. The van der Waals surface area contributed by atoms with E-state index in [2.05, 4.69) is 10.2 Å². The van der Waals surface area contributed by atoms with Crippen LogP contribution < -0.4 is 0 Å². The SMILES string of the molecule is C[N-]C1CCN(C2CCN(C(=O)c3cc(C(F)(F)F)cc(C(F)(F)F)c3)CC2c2ccccc2)C1. The maximum Gasteiger partial charge on any atom is 0.416 e. The number of piperidine rings is 1. The van der Waals surface area contributed by atoms with Gasteiger partial charge in [-0.25, -0.2) is 0 Å². The lowest BCUT2D eigenvalue weighted by molar-refractivity contribution is -0.143. The Morgan fingerprint density at radius 3 is 2.06 bits per heavy atom. The molecule has 4 rings (SSSR count). The summed E-state index contributed by atoms with van der Waals surface area (Å²) >= 11 is 0. The van der Waals surface area contributed by atoms with Crippen LogP contribution >= 0.6 is 0 Å². The van der Waals surface area contributed by atoms with Gasteiger partial charge < -0.3 is 15.1 Å². The van der Waals surface area contributed by atoms with Gasteiger partial charge in [-0.15, -0.1) is 6.04 Å². The van der Waals surface area contributed by atoms with Crippen LogP contribution in [0.3, 0.4) is 0 Å². The minimum absolute atomic E-state index is 0.0400. The summed E-state index contributed by atoms with van der Waals surface area (Å²) < 4.78 is 79.8. The van der Waals surface area contributed by atoms with Crippen molar-refractivity contribution >= 4 is 5.91 Å². The fraction of sp³-hybridized carbons (Fsp3) is 0.480. The first-order valence-corrected chi connectivity index (χ1v) is 11.4. The van der Waals surface area contributed by atoms with Gasteiger partial charge >= 0.3 is 12.4 Å². The molecule has 0 saturated carbocycles. The normalized spacial score (nSPS) is 24.1. The first-order chi connectivity index (χ1) is 16.5. The van der Waals surface area contributed by atoms with Gasteiger partial charge in [0.1, 0.15) is 0 Å². The molecule has 4 nitrogen and oxygen atoms in total. The molecule has 2 aliphatic heterocycles. The number of likely N-dealkylation sites (N-methyl/N-ethyl adjacent to an activating group) is 1. The molecule has 2 fully saturated rings. The maximum absolute atomic E-state index is 13.3. The summed E-state index contributed by atoms with van der Waals surface area (Å²) in [5.41, 5.74) is -2.61. The number of rotatable bonds is 4. The molecule has 0 aliphatic carbocycles. The number of amides is 1. The van der Waals surface area contributed by atoms with Gasteiger partial charge in [-0.2, -0.15) is 33.4 Å². The molecule has 2 aromatic carbocycles. The van der Waals surface area contributed by atoms with Gasteiger partial charge in [-0.05, 0) is 43.3 Å². The standard InChI is InChI=1S/C25H26F6N3O/c1-32-20-7-9-33(14-20)22-8-10-34(15-21(22)16-5-3-2-4-6-16)23(35)17-11-18(24(26,27)28)13-19(12-17)25(29,30)31/h2-6,11-13,20-22H,7-10,14-15H2,1H3/q-1. The van der Waals surface area contributed by atoms with Crippen molar-refractivity contribution in [3.63, 3.8) is 0 Å². The topological polar surface area (TPSA) is 37.7 Å². The molecule has 2 saturated heterocycles. The van der Waals surface area contributed by atoms with Crippen LogP contribution in [0.4, 0.5) is 26.3 Å². The first-order valence-electron chi connectivity index (χ1n) is 11.4. The number of halogens is 6. The molecule has 3 atom stereocenters. The van der Waals surface area contributed by atoms with Gasteiger partial charge in [0.2, 0.25) is 0 Å². The van der Waals surface area contributed by atoms with Gasteiger partial charge in [-0.1, -0.05) is 36.8 Å². The van der Waals surface area contributed by atoms with Crippen molar-refractivity contribution in [3.05, 3.63) is 76.1 Å². The predicted molar refractivity (Wildman–Crippen MR) is 119 cm³/mol. The number of nitrogens with zero attached hydrogens (tertiary/aromatic N) is 3. The van der Waals surface area contributed by atoms with Crippen LogP contribution in [0, 0.1) is 0 Å². The fourth-order valence-electron chi connectivity index (χ4n) is 5.13. The Bertz CT molecular complexity index is 1010. The molecule has 35 heavy (non-hydrogen) atoms. The average Bonchev–Trinajstić information content (AvgIpc) is 3.31. The predicted octanol–water partition coefficient (Wildman–Crippen LogP) is 5.80. The molecule has 2 aromatic rings. The lowest BCUT2D eigenvalue weighted by Gasteiger charge is -2.43.